The highest BCUT2D eigenvalue weighted by Gasteiger charge is 2.46. The molecule has 0 amide bonds. The second kappa shape index (κ2) is 3.90. The lowest BCUT2D eigenvalue weighted by Gasteiger charge is -2.05. The molecular formula is C10H14N2O2S. The highest BCUT2D eigenvalue weighted by molar-refractivity contribution is 7.11. The summed E-state index contributed by atoms with van der Waals surface area (Å²) in [4.78, 5) is 18.3. The first-order valence-corrected chi connectivity index (χ1v) is 5.71. The van der Waals surface area contributed by atoms with Crippen molar-refractivity contribution in [3.8, 4) is 0 Å². The van der Waals surface area contributed by atoms with Crippen molar-refractivity contribution in [3.05, 3.63) is 16.1 Å². The number of carbonyl (C=O) groups is 1. The molecule has 0 aliphatic heterocycles. The lowest BCUT2D eigenvalue weighted by Crippen LogP contribution is -2.09. The van der Waals surface area contributed by atoms with E-state index < -0.39 is 5.97 Å². The van der Waals surface area contributed by atoms with Gasteiger partial charge in [0.15, 0.2) is 0 Å². The van der Waals surface area contributed by atoms with Crippen LogP contribution in [0.3, 0.4) is 0 Å². The molecule has 1 saturated carbocycles. The molecule has 2 atom stereocenters. The quantitative estimate of drug-likeness (QED) is 0.843. The Morgan fingerprint density at radius 2 is 2.47 bits per heavy atom. The summed E-state index contributed by atoms with van der Waals surface area (Å²) in [7, 11) is 4.02. The van der Waals surface area contributed by atoms with Gasteiger partial charge in [-0.1, -0.05) is 0 Å². The van der Waals surface area contributed by atoms with Gasteiger partial charge in [-0.25, -0.2) is 4.98 Å². The minimum absolute atomic E-state index is 0.170. The molecule has 2 unspecified atom stereocenters. The summed E-state index contributed by atoms with van der Waals surface area (Å²) in [5, 5.41) is 9.79. The van der Waals surface area contributed by atoms with Gasteiger partial charge in [-0.15, -0.1) is 11.3 Å². The molecule has 15 heavy (non-hydrogen) atoms. The van der Waals surface area contributed by atoms with Gasteiger partial charge in [-0.2, -0.15) is 0 Å². The minimum atomic E-state index is -0.690. The number of carboxylic acid groups (broad SMARTS) is 1. The Hall–Kier alpha value is -0.940. The predicted molar refractivity (Wildman–Crippen MR) is 58.0 cm³/mol. The Kier molecular flexibility index (Phi) is 2.75. The third-order valence-corrected chi connectivity index (χ3v) is 3.58. The lowest BCUT2D eigenvalue weighted by molar-refractivity contribution is -0.138. The zero-order valence-corrected chi connectivity index (χ0v) is 9.62. The Balaban J connectivity index is 2.00. The zero-order valence-electron chi connectivity index (χ0n) is 8.80. The molecule has 0 radical (unpaired) electrons. The molecule has 1 aliphatic rings. The second-order valence-corrected chi connectivity index (χ2v) is 5.34. The molecule has 0 aromatic carbocycles. The van der Waals surface area contributed by atoms with Crippen molar-refractivity contribution in [3.63, 3.8) is 0 Å². The molecule has 1 heterocycles. The van der Waals surface area contributed by atoms with E-state index in [0.29, 0.717) is 0 Å². The molecule has 1 aliphatic carbocycles. The van der Waals surface area contributed by atoms with Crippen LogP contribution < -0.4 is 0 Å². The Morgan fingerprint density at radius 1 is 1.73 bits per heavy atom. The normalized spacial score (nSPS) is 24.5. The van der Waals surface area contributed by atoms with Crippen LogP contribution in [0.1, 0.15) is 22.2 Å². The number of aromatic nitrogens is 1. The first kappa shape index (κ1) is 10.6. The van der Waals surface area contributed by atoms with E-state index in [1.54, 1.807) is 11.3 Å². The molecule has 1 aromatic rings. The van der Waals surface area contributed by atoms with Crippen LogP contribution in [-0.4, -0.2) is 35.1 Å². The maximum absolute atomic E-state index is 10.7. The van der Waals surface area contributed by atoms with Gasteiger partial charge < -0.3 is 10.0 Å². The number of carboxylic acids is 1. The van der Waals surface area contributed by atoms with Gasteiger partial charge in [0.1, 0.15) is 0 Å². The Bertz CT molecular complexity index is 375. The smallest absolute Gasteiger partial charge is 0.307 e. The fourth-order valence-corrected chi connectivity index (χ4v) is 2.83. The van der Waals surface area contributed by atoms with Crippen molar-refractivity contribution in [1.29, 1.82) is 0 Å². The molecule has 0 saturated heterocycles. The number of hydrogen-bond donors (Lipinski definition) is 1. The summed E-state index contributed by atoms with van der Waals surface area (Å²) in [6.07, 6.45) is 2.61. The average Bonchev–Trinajstić information content (AvgIpc) is 2.81. The van der Waals surface area contributed by atoms with Crippen LogP contribution in [0.5, 0.6) is 0 Å². The molecular weight excluding hydrogens is 212 g/mol. The van der Waals surface area contributed by atoms with Gasteiger partial charge in [0.05, 0.1) is 10.9 Å². The lowest BCUT2D eigenvalue weighted by atomic mass is 10.3. The van der Waals surface area contributed by atoms with E-state index >= 15 is 0 Å². The number of nitrogens with zero attached hydrogens (tertiary/aromatic N) is 2. The summed E-state index contributed by atoms with van der Waals surface area (Å²) in [6, 6.07) is 0. The van der Waals surface area contributed by atoms with Crippen molar-refractivity contribution in [2.45, 2.75) is 18.9 Å². The first-order chi connectivity index (χ1) is 7.08. The first-order valence-electron chi connectivity index (χ1n) is 4.90. The third-order valence-electron chi connectivity index (χ3n) is 2.47. The van der Waals surface area contributed by atoms with E-state index in [2.05, 4.69) is 9.88 Å². The summed E-state index contributed by atoms with van der Waals surface area (Å²) in [5.41, 5.74) is 0. The van der Waals surface area contributed by atoms with E-state index in [4.69, 9.17) is 5.11 Å². The maximum Gasteiger partial charge on any atom is 0.307 e. The molecule has 2 rings (SSSR count). The van der Waals surface area contributed by atoms with E-state index in [1.165, 1.54) is 4.88 Å². The van der Waals surface area contributed by atoms with E-state index in [0.717, 1.165) is 18.0 Å². The summed E-state index contributed by atoms with van der Waals surface area (Å²) >= 11 is 1.64. The molecule has 1 aromatic heterocycles. The number of hydrogen-bond acceptors (Lipinski definition) is 4. The van der Waals surface area contributed by atoms with Crippen LogP contribution in [-0.2, 0) is 11.3 Å². The van der Waals surface area contributed by atoms with Gasteiger partial charge in [0.25, 0.3) is 0 Å². The topological polar surface area (TPSA) is 53.4 Å². The molecule has 1 N–H and O–H groups in total. The van der Waals surface area contributed by atoms with Crippen LogP contribution in [0, 0.1) is 5.92 Å². The van der Waals surface area contributed by atoms with Crippen LogP contribution in [0.15, 0.2) is 6.20 Å². The highest BCUT2D eigenvalue weighted by Crippen LogP contribution is 2.48. The highest BCUT2D eigenvalue weighted by atomic mass is 32.1. The van der Waals surface area contributed by atoms with E-state index in [1.807, 2.05) is 20.3 Å². The molecule has 0 bridgehead atoms. The number of thiazole rings is 1. The van der Waals surface area contributed by atoms with Gasteiger partial charge in [0.2, 0.25) is 0 Å². The third kappa shape index (κ3) is 2.35. The predicted octanol–water partition coefficient (Wildman–Crippen LogP) is 1.39. The number of aliphatic carboxylic acids is 1. The SMILES string of the molecule is CN(C)Cc1cnc(C2CC2C(=O)O)s1. The van der Waals surface area contributed by atoms with E-state index in [9.17, 15) is 4.79 Å². The van der Waals surface area contributed by atoms with Crippen molar-refractivity contribution < 1.29 is 9.90 Å². The van der Waals surface area contributed by atoms with Gasteiger partial charge in [-0.3, -0.25) is 4.79 Å². The second-order valence-electron chi connectivity index (χ2n) is 4.19. The number of rotatable bonds is 4. The van der Waals surface area contributed by atoms with Crippen molar-refractivity contribution >= 4 is 17.3 Å². The fourth-order valence-electron chi connectivity index (χ4n) is 1.62. The summed E-state index contributed by atoms with van der Waals surface area (Å²) in [5.74, 6) is -0.712. The van der Waals surface area contributed by atoms with Crippen LogP contribution in [0.25, 0.3) is 0 Å². The summed E-state index contributed by atoms with van der Waals surface area (Å²) in [6.45, 7) is 0.877. The Morgan fingerprint density at radius 3 is 3.00 bits per heavy atom. The van der Waals surface area contributed by atoms with Crippen LogP contribution >= 0.6 is 11.3 Å². The largest absolute Gasteiger partial charge is 0.481 e. The van der Waals surface area contributed by atoms with Gasteiger partial charge >= 0.3 is 5.97 Å². The molecule has 1 fully saturated rings. The van der Waals surface area contributed by atoms with Crippen molar-refractivity contribution in [1.82, 2.24) is 9.88 Å². The standard InChI is InChI=1S/C10H14N2O2S/c1-12(2)5-6-4-11-9(15-6)7-3-8(7)10(13)14/h4,7-8H,3,5H2,1-2H3,(H,13,14). The van der Waals surface area contributed by atoms with E-state index in [-0.39, 0.29) is 11.8 Å². The van der Waals surface area contributed by atoms with Gasteiger partial charge in [-0.05, 0) is 20.5 Å². The zero-order chi connectivity index (χ0) is 11.0. The van der Waals surface area contributed by atoms with Crippen LogP contribution in [0.2, 0.25) is 0 Å². The fraction of sp³-hybridized carbons (Fsp3) is 0.600. The van der Waals surface area contributed by atoms with Gasteiger partial charge in [0, 0.05) is 23.5 Å². The van der Waals surface area contributed by atoms with Crippen molar-refractivity contribution in [2.24, 2.45) is 5.92 Å². The van der Waals surface area contributed by atoms with Crippen molar-refractivity contribution in [2.75, 3.05) is 14.1 Å². The Labute approximate surface area is 92.6 Å². The minimum Gasteiger partial charge on any atom is -0.481 e. The maximum atomic E-state index is 10.7. The molecule has 82 valence electrons. The molecule has 4 nitrogen and oxygen atoms in total. The monoisotopic (exact) mass is 226 g/mol. The molecule has 0 spiro atoms. The van der Waals surface area contributed by atoms with Crippen LogP contribution in [0.4, 0.5) is 0 Å². The molecule has 5 heteroatoms. The summed E-state index contributed by atoms with van der Waals surface area (Å²) < 4.78 is 0. The average molecular weight is 226 g/mol.